The molecule has 0 radical (unpaired) electrons. The second-order valence-corrected chi connectivity index (χ2v) is 4.94. The van der Waals surface area contributed by atoms with Crippen molar-refractivity contribution in [1.29, 1.82) is 0 Å². The van der Waals surface area contributed by atoms with Crippen LogP contribution >= 0.6 is 0 Å². The second kappa shape index (κ2) is 8.27. The Morgan fingerprint density at radius 2 is 1.63 bits per heavy atom. The molecule has 1 saturated heterocycles. The maximum absolute atomic E-state index is 8.63. The molecule has 4 nitrogen and oxygen atoms in total. The molecule has 1 heterocycles. The summed E-state index contributed by atoms with van der Waals surface area (Å²) in [6.45, 7) is 7.77. The van der Waals surface area contributed by atoms with Crippen LogP contribution in [-0.4, -0.2) is 67.5 Å². The van der Waals surface area contributed by atoms with Crippen molar-refractivity contribution < 1.29 is 9.84 Å². The van der Waals surface area contributed by atoms with Gasteiger partial charge < -0.3 is 9.84 Å². The van der Waals surface area contributed by atoms with Gasteiger partial charge in [0.05, 0.1) is 19.8 Å². The number of aliphatic hydroxyl groups excluding tert-OH is 1. The lowest BCUT2D eigenvalue weighted by Gasteiger charge is -2.34. The maximum Gasteiger partial charge on any atom is 0.0698 e. The van der Waals surface area contributed by atoms with Gasteiger partial charge in [-0.15, -0.1) is 0 Å². The maximum atomic E-state index is 8.63. The summed E-state index contributed by atoms with van der Waals surface area (Å²) in [5.74, 6) is 0. The summed E-state index contributed by atoms with van der Waals surface area (Å²) in [4.78, 5) is 4.93. The molecule has 19 heavy (non-hydrogen) atoms. The molecule has 0 aromatic heterocycles. The van der Waals surface area contributed by atoms with E-state index in [0.29, 0.717) is 6.61 Å². The molecule has 2 rings (SSSR count). The third kappa shape index (κ3) is 5.28. The van der Waals surface area contributed by atoms with Crippen LogP contribution in [0.25, 0.3) is 0 Å². The SMILES string of the molecule is OCCOCCN1CCN(Cc2ccccc2)CC1. The highest BCUT2D eigenvalue weighted by atomic mass is 16.5. The molecule has 1 aromatic rings. The van der Waals surface area contributed by atoms with Gasteiger partial charge in [-0.3, -0.25) is 9.80 Å². The number of nitrogens with zero attached hydrogens (tertiary/aromatic N) is 2. The molecular weight excluding hydrogens is 240 g/mol. The van der Waals surface area contributed by atoms with Crippen LogP contribution in [0.15, 0.2) is 30.3 Å². The standard InChI is InChI=1S/C15H24N2O2/c18-11-13-19-12-10-16-6-8-17(9-7-16)14-15-4-2-1-3-5-15/h1-5,18H,6-14H2. The van der Waals surface area contributed by atoms with Crippen molar-refractivity contribution in [2.45, 2.75) is 6.54 Å². The van der Waals surface area contributed by atoms with Crippen LogP contribution in [-0.2, 0) is 11.3 Å². The van der Waals surface area contributed by atoms with E-state index in [1.807, 2.05) is 0 Å². The summed E-state index contributed by atoms with van der Waals surface area (Å²) in [6, 6.07) is 10.6. The Morgan fingerprint density at radius 1 is 0.947 bits per heavy atom. The lowest BCUT2D eigenvalue weighted by molar-refractivity contribution is 0.0564. The van der Waals surface area contributed by atoms with Crippen molar-refractivity contribution in [2.24, 2.45) is 0 Å². The number of hydrogen-bond donors (Lipinski definition) is 1. The van der Waals surface area contributed by atoms with Gasteiger partial charge in [0.2, 0.25) is 0 Å². The summed E-state index contributed by atoms with van der Waals surface area (Å²) < 4.78 is 5.30. The summed E-state index contributed by atoms with van der Waals surface area (Å²) in [7, 11) is 0. The zero-order chi connectivity index (χ0) is 13.3. The fourth-order valence-electron chi connectivity index (χ4n) is 2.37. The number of rotatable bonds is 7. The molecule has 0 aliphatic carbocycles. The smallest absolute Gasteiger partial charge is 0.0698 e. The highest BCUT2D eigenvalue weighted by Gasteiger charge is 2.16. The Hall–Kier alpha value is -0.940. The van der Waals surface area contributed by atoms with Crippen molar-refractivity contribution in [2.75, 3.05) is 52.5 Å². The average molecular weight is 264 g/mol. The molecule has 1 fully saturated rings. The van der Waals surface area contributed by atoms with Gasteiger partial charge in [-0.2, -0.15) is 0 Å². The van der Waals surface area contributed by atoms with Gasteiger partial charge >= 0.3 is 0 Å². The fourth-order valence-corrected chi connectivity index (χ4v) is 2.37. The van der Waals surface area contributed by atoms with E-state index in [1.54, 1.807) is 0 Å². The second-order valence-electron chi connectivity index (χ2n) is 4.94. The first kappa shape index (κ1) is 14.5. The summed E-state index contributed by atoms with van der Waals surface area (Å²) >= 11 is 0. The van der Waals surface area contributed by atoms with Crippen molar-refractivity contribution in [3.05, 3.63) is 35.9 Å². The Balaban J connectivity index is 1.62. The van der Waals surface area contributed by atoms with Gasteiger partial charge in [-0.05, 0) is 5.56 Å². The van der Waals surface area contributed by atoms with Crippen molar-refractivity contribution >= 4 is 0 Å². The Labute approximate surface area is 115 Å². The van der Waals surface area contributed by atoms with E-state index in [9.17, 15) is 0 Å². The first-order valence-electron chi connectivity index (χ1n) is 7.06. The predicted octanol–water partition coefficient (Wildman–Crippen LogP) is 0.813. The molecule has 0 spiro atoms. The van der Waals surface area contributed by atoms with Crippen LogP contribution in [0, 0.1) is 0 Å². The van der Waals surface area contributed by atoms with Gasteiger partial charge in [-0.25, -0.2) is 0 Å². The van der Waals surface area contributed by atoms with Crippen LogP contribution in [0.5, 0.6) is 0 Å². The van der Waals surface area contributed by atoms with Crippen LogP contribution in [0.2, 0.25) is 0 Å². The molecule has 0 atom stereocenters. The Morgan fingerprint density at radius 3 is 2.32 bits per heavy atom. The minimum atomic E-state index is 0.116. The molecule has 0 saturated carbocycles. The van der Waals surface area contributed by atoms with Crippen molar-refractivity contribution in [1.82, 2.24) is 9.80 Å². The number of piperazine rings is 1. The first-order chi connectivity index (χ1) is 9.38. The van der Waals surface area contributed by atoms with Crippen LogP contribution in [0.1, 0.15) is 5.56 Å². The van der Waals surface area contributed by atoms with E-state index in [4.69, 9.17) is 9.84 Å². The topological polar surface area (TPSA) is 35.9 Å². The molecule has 4 heteroatoms. The monoisotopic (exact) mass is 264 g/mol. The van der Waals surface area contributed by atoms with E-state index in [2.05, 4.69) is 40.1 Å². The highest BCUT2D eigenvalue weighted by molar-refractivity contribution is 5.14. The molecule has 0 amide bonds. The summed E-state index contributed by atoms with van der Waals surface area (Å²) in [5.41, 5.74) is 1.39. The number of aliphatic hydroxyl groups is 1. The first-order valence-corrected chi connectivity index (χ1v) is 7.06. The van der Waals surface area contributed by atoms with Gasteiger partial charge in [0.25, 0.3) is 0 Å². The third-order valence-electron chi connectivity index (χ3n) is 3.50. The van der Waals surface area contributed by atoms with Crippen molar-refractivity contribution in [3.8, 4) is 0 Å². The van der Waals surface area contributed by atoms with Gasteiger partial charge in [0, 0.05) is 39.3 Å². The molecule has 0 unspecified atom stereocenters. The normalized spacial score (nSPS) is 17.7. The van der Waals surface area contributed by atoms with E-state index in [-0.39, 0.29) is 6.61 Å². The van der Waals surface area contributed by atoms with Crippen LogP contribution in [0.3, 0.4) is 0 Å². The number of hydrogen-bond acceptors (Lipinski definition) is 4. The zero-order valence-electron chi connectivity index (χ0n) is 11.5. The molecule has 1 aliphatic heterocycles. The van der Waals surface area contributed by atoms with Gasteiger partial charge in [0.1, 0.15) is 0 Å². The minimum Gasteiger partial charge on any atom is -0.394 e. The van der Waals surface area contributed by atoms with Gasteiger partial charge in [0.15, 0.2) is 0 Å². The lowest BCUT2D eigenvalue weighted by atomic mass is 10.2. The number of benzene rings is 1. The van der Waals surface area contributed by atoms with Crippen molar-refractivity contribution in [3.63, 3.8) is 0 Å². The Bertz CT molecular complexity index is 337. The minimum absolute atomic E-state index is 0.116. The largest absolute Gasteiger partial charge is 0.394 e. The number of ether oxygens (including phenoxy) is 1. The third-order valence-corrected chi connectivity index (χ3v) is 3.50. The molecule has 0 bridgehead atoms. The van der Waals surface area contributed by atoms with E-state index in [0.717, 1.165) is 45.9 Å². The quantitative estimate of drug-likeness (QED) is 0.740. The summed E-state index contributed by atoms with van der Waals surface area (Å²) in [6.07, 6.45) is 0. The molecular formula is C15H24N2O2. The predicted molar refractivity (Wildman–Crippen MR) is 76.1 cm³/mol. The molecule has 1 aromatic carbocycles. The lowest BCUT2D eigenvalue weighted by Crippen LogP contribution is -2.46. The highest BCUT2D eigenvalue weighted by Crippen LogP contribution is 2.08. The molecule has 1 N–H and O–H groups in total. The fraction of sp³-hybridized carbons (Fsp3) is 0.600. The molecule has 106 valence electrons. The van der Waals surface area contributed by atoms with E-state index >= 15 is 0 Å². The van der Waals surface area contributed by atoms with E-state index in [1.165, 1.54) is 5.56 Å². The summed E-state index contributed by atoms with van der Waals surface area (Å²) in [5, 5.41) is 8.63. The molecule has 1 aliphatic rings. The van der Waals surface area contributed by atoms with Gasteiger partial charge in [-0.1, -0.05) is 30.3 Å². The van der Waals surface area contributed by atoms with Crippen LogP contribution in [0.4, 0.5) is 0 Å². The van der Waals surface area contributed by atoms with E-state index < -0.39 is 0 Å². The average Bonchev–Trinajstić information content (AvgIpc) is 2.46. The zero-order valence-corrected chi connectivity index (χ0v) is 11.5. The van der Waals surface area contributed by atoms with Crippen LogP contribution < -0.4 is 0 Å². The Kier molecular flexibility index (Phi) is 6.30.